The molecule has 0 saturated carbocycles. The average molecular weight is 384 g/mol. The van der Waals surface area contributed by atoms with Gasteiger partial charge in [-0.1, -0.05) is 23.8 Å². The molecule has 0 fully saturated rings. The zero-order valence-electron chi connectivity index (χ0n) is 13.6. The van der Waals surface area contributed by atoms with E-state index in [9.17, 15) is 4.79 Å². The summed E-state index contributed by atoms with van der Waals surface area (Å²) in [5, 5.41) is 3.98. The summed E-state index contributed by atoms with van der Waals surface area (Å²) in [6.45, 7) is 2.31. The van der Waals surface area contributed by atoms with Gasteiger partial charge in [-0.25, -0.2) is 0 Å². The van der Waals surface area contributed by atoms with Crippen molar-refractivity contribution in [2.75, 3.05) is 23.8 Å². The first-order valence-corrected chi connectivity index (χ1v) is 8.45. The molecule has 3 aromatic rings. The van der Waals surface area contributed by atoms with Crippen LogP contribution in [0.4, 0.5) is 11.4 Å². The van der Waals surface area contributed by atoms with Gasteiger partial charge in [0.2, 0.25) is 5.91 Å². The van der Waals surface area contributed by atoms with E-state index >= 15 is 0 Å². The van der Waals surface area contributed by atoms with Gasteiger partial charge < -0.3 is 10.2 Å². The molecule has 1 N–H and O–H groups in total. The zero-order valence-corrected chi connectivity index (χ0v) is 15.2. The van der Waals surface area contributed by atoms with Crippen molar-refractivity contribution in [3.8, 4) is 0 Å². The summed E-state index contributed by atoms with van der Waals surface area (Å²) in [4.78, 5) is 18.7. The van der Waals surface area contributed by atoms with Crippen molar-refractivity contribution in [3.05, 3.63) is 64.8 Å². The Labute approximate surface area is 149 Å². The maximum atomic E-state index is 12.4. The van der Waals surface area contributed by atoms with Crippen LogP contribution in [-0.2, 0) is 4.79 Å². The minimum absolute atomic E-state index is 0.0676. The lowest BCUT2D eigenvalue weighted by molar-refractivity contribution is -0.114. The second-order valence-electron chi connectivity index (χ2n) is 5.73. The highest BCUT2D eigenvalue weighted by molar-refractivity contribution is 9.10. The number of aromatic nitrogens is 1. The maximum Gasteiger partial charge on any atom is 0.243 e. The third-order valence-electron chi connectivity index (χ3n) is 3.81. The van der Waals surface area contributed by atoms with E-state index in [1.807, 2.05) is 54.4 Å². The highest BCUT2D eigenvalue weighted by Crippen LogP contribution is 2.26. The van der Waals surface area contributed by atoms with Gasteiger partial charge in [-0.15, -0.1) is 0 Å². The smallest absolute Gasteiger partial charge is 0.243 e. The van der Waals surface area contributed by atoms with Gasteiger partial charge in [-0.2, -0.15) is 0 Å². The van der Waals surface area contributed by atoms with E-state index in [1.54, 1.807) is 6.20 Å². The highest BCUT2D eigenvalue weighted by Gasteiger charge is 2.12. The minimum Gasteiger partial charge on any atom is -0.365 e. The van der Waals surface area contributed by atoms with Crippen LogP contribution in [0.1, 0.15) is 5.56 Å². The molecule has 0 bridgehead atoms. The second-order valence-corrected chi connectivity index (χ2v) is 6.59. The van der Waals surface area contributed by atoms with E-state index in [4.69, 9.17) is 0 Å². The topological polar surface area (TPSA) is 45.2 Å². The fraction of sp³-hybridized carbons (Fsp3) is 0.158. The summed E-state index contributed by atoms with van der Waals surface area (Å²) in [6.07, 6.45) is 1.77. The number of benzene rings is 2. The summed E-state index contributed by atoms with van der Waals surface area (Å²) in [7, 11) is 1.91. The van der Waals surface area contributed by atoms with Crippen LogP contribution in [0.15, 0.2) is 59.2 Å². The van der Waals surface area contributed by atoms with Crippen LogP contribution >= 0.6 is 15.9 Å². The van der Waals surface area contributed by atoms with E-state index in [1.165, 1.54) is 5.56 Å². The number of nitrogens with zero attached hydrogens (tertiary/aromatic N) is 2. The van der Waals surface area contributed by atoms with Gasteiger partial charge in [0.05, 0.1) is 17.7 Å². The predicted molar refractivity (Wildman–Crippen MR) is 103 cm³/mol. The lowest BCUT2D eigenvalue weighted by atomic mass is 10.1. The quantitative estimate of drug-likeness (QED) is 0.726. The van der Waals surface area contributed by atoms with Gasteiger partial charge in [0.25, 0.3) is 0 Å². The first kappa shape index (κ1) is 16.5. The normalized spacial score (nSPS) is 10.6. The number of carbonyl (C=O) groups is 1. The first-order chi connectivity index (χ1) is 11.5. The molecule has 0 spiro atoms. The maximum absolute atomic E-state index is 12.4. The third kappa shape index (κ3) is 3.57. The van der Waals surface area contributed by atoms with Crippen LogP contribution in [0.2, 0.25) is 0 Å². The van der Waals surface area contributed by atoms with Gasteiger partial charge >= 0.3 is 0 Å². The molecule has 0 aliphatic rings. The van der Waals surface area contributed by atoms with Crippen LogP contribution < -0.4 is 10.2 Å². The highest BCUT2D eigenvalue weighted by atomic mass is 79.9. The number of nitrogens with one attached hydrogen (secondary N) is 1. The van der Waals surface area contributed by atoms with Crippen molar-refractivity contribution >= 4 is 44.1 Å². The lowest BCUT2D eigenvalue weighted by Gasteiger charge is -2.21. The molecule has 24 heavy (non-hydrogen) atoms. The molecule has 2 aromatic carbocycles. The number of fused-ring (bicyclic) bond motifs is 1. The van der Waals surface area contributed by atoms with E-state index in [0.717, 1.165) is 26.8 Å². The van der Waals surface area contributed by atoms with Crippen LogP contribution in [-0.4, -0.2) is 24.5 Å². The summed E-state index contributed by atoms with van der Waals surface area (Å²) in [5.41, 5.74) is 3.86. The Balaban J connectivity index is 1.80. The summed E-state index contributed by atoms with van der Waals surface area (Å²) in [5.74, 6) is -0.0676. The number of hydrogen-bond donors (Lipinski definition) is 1. The van der Waals surface area contributed by atoms with Crippen LogP contribution in [0.25, 0.3) is 10.9 Å². The summed E-state index contributed by atoms with van der Waals surface area (Å²) >= 11 is 3.44. The summed E-state index contributed by atoms with van der Waals surface area (Å²) < 4.78 is 0.867. The van der Waals surface area contributed by atoms with Crippen molar-refractivity contribution in [2.24, 2.45) is 0 Å². The first-order valence-electron chi connectivity index (χ1n) is 7.65. The Morgan fingerprint density at radius 3 is 2.79 bits per heavy atom. The molecular weight excluding hydrogens is 366 g/mol. The molecular formula is C19H18BrN3O. The molecule has 1 amide bonds. The van der Waals surface area contributed by atoms with Crippen LogP contribution in [0, 0.1) is 6.92 Å². The van der Waals surface area contributed by atoms with Gasteiger partial charge in [0.1, 0.15) is 0 Å². The number of pyridine rings is 1. The van der Waals surface area contributed by atoms with E-state index in [-0.39, 0.29) is 12.5 Å². The molecule has 0 saturated heterocycles. The molecule has 4 nitrogen and oxygen atoms in total. The van der Waals surface area contributed by atoms with Crippen LogP contribution in [0.3, 0.4) is 0 Å². The molecule has 0 atom stereocenters. The van der Waals surface area contributed by atoms with E-state index < -0.39 is 0 Å². The summed E-state index contributed by atoms with van der Waals surface area (Å²) in [6, 6.07) is 15.7. The molecule has 5 heteroatoms. The van der Waals surface area contributed by atoms with Crippen molar-refractivity contribution in [3.63, 3.8) is 0 Å². The number of likely N-dealkylation sites (N-methyl/N-ethyl adjacent to an activating group) is 1. The van der Waals surface area contributed by atoms with Gasteiger partial charge in [0, 0.05) is 28.8 Å². The fourth-order valence-corrected chi connectivity index (χ4v) is 3.02. The minimum atomic E-state index is -0.0676. The Morgan fingerprint density at radius 2 is 2.00 bits per heavy atom. The van der Waals surface area contributed by atoms with Crippen molar-refractivity contribution in [1.29, 1.82) is 0 Å². The number of hydrogen-bond acceptors (Lipinski definition) is 3. The number of aryl methyl sites for hydroxylation is 1. The van der Waals surface area contributed by atoms with Gasteiger partial charge in [-0.3, -0.25) is 9.78 Å². The number of para-hydroxylation sites is 1. The van der Waals surface area contributed by atoms with Crippen molar-refractivity contribution in [2.45, 2.75) is 6.92 Å². The number of carbonyl (C=O) groups excluding carboxylic acids is 1. The number of amides is 1. The monoisotopic (exact) mass is 383 g/mol. The molecule has 0 aliphatic heterocycles. The number of halogens is 1. The molecule has 3 rings (SSSR count). The van der Waals surface area contributed by atoms with Gasteiger partial charge in [-0.05, 0) is 53.2 Å². The Kier molecular flexibility index (Phi) is 4.81. The average Bonchev–Trinajstić information content (AvgIpc) is 2.56. The van der Waals surface area contributed by atoms with Crippen molar-refractivity contribution in [1.82, 2.24) is 4.98 Å². The molecule has 0 radical (unpaired) electrons. The molecule has 122 valence electrons. The Morgan fingerprint density at radius 1 is 1.21 bits per heavy atom. The zero-order chi connectivity index (χ0) is 17.1. The van der Waals surface area contributed by atoms with E-state index in [0.29, 0.717) is 0 Å². The SMILES string of the molecule is Cc1ccc2nccc(N(C)CC(=O)Nc3ccccc3Br)c2c1. The van der Waals surface area contributed by atoms with Crippen LogP contribution in [0.5, 0.6) is 0 Å². The third-order valence-corrected chi connectivity index (χ3v) is 4.51. The largest absolute Gasteiger partial charge is 0.365 e. The Hall–Kier alpha value is -2.40. The molecule has 0 unspecified atom stereocenters. The predicted octanol–water partition coefficient (Wildman–Crippen LogP) is 4.38. The Bertz CT molecular complexity index is 895. The standard InChI is InChI=1S/C19H18BrN3O/c1-13-7-8-16-14(11-13)18(9-10-21-16)23(2)12-19(24)22-17-6-4-3-5-15(17)20/h3-11H,12H2,1-2H3,(H,22,24). The molecule has 1 aromatic heterocycles. The molecule has 1 heterocycles. The van der Waals surface area contributed by atoms with E-state index in [2.05, 4.69) is 39.2 Å². The molecule has 0 aliphatic carbocycles. The number of rotatable bonds is 4. The second kappa shape index (κ2) is 7.01. The van der Waals surface area contributed by atoms with Crippen molar-refractivity contribution < 1.29 is 4.79 Å². The fourth-order valence-electron chi connectivity index (χ4n) is 2.63. The van der Waals surface area contributed by atoms with Gasteiger partial charge in [0.15, 0.2) is 0 Å². The lowest BCUT2D eigenvalue weighted by Crippen LogP contribution is -2.30. The number of anilines is 2.